The van der Waals surface area contributed by atoms with Crippen LogP contribution in [-0.4, -0.2) is 22.0 Å². The first-order chi connectivity index (χ1) is 13.4. The molecule has 3 N–H and O–H groups in total. The summed E-state index contributed by atoms with van der Waals surface area (Å²) in [4.78, 5) is 24.9. The number of amides is 2. The fraction of sp³-hybridized carbons (Fsp3) is 0.105. The van der Waals surface area contributed by atoms with Gasteiger partial charge in [-0.05, 0) is 52.7 Å². The van der Waals surface area contributed by atoms with E-state index in [2.05, 4.69) is 36.8 Å². The second kappa shape index (κ2) is 8.77. The van der Waals surface area contributed by atoms with Crippen molar-refractivity contribution >= 4 is 56.8 Å². The number of H-pyrrole nitrogens is 1. The molecule has 0 unspecified atom stereocenters. The molecule has 28 heavy (non-hydrogen) atoms. The lowest BCUT2D eigenvalue weighted by molar-refractivity contribution is 0.0933. The summed E-state index contributed by atoms with van der Waals surface area (Å²) in [6.45, 7) is 1.85. The molecule has 0 aliphatic carbocycles. The van der Waals surface area contributed by atoms with Crippen LogP contribution >= 0.6 is 39.1 Å². The first kappa shape index (κ1) is 20.4. The molecule has 0 fully saturated rings. The molecule has 0 bridgehead atoms. The minimum absolute atomic E-state index is 0.189. The topological polar surface area (TPSA) is 86.9 Å². The molecule has 0 aliphatic heterocycles. The van der Waals surface area contributed by atoms with Gasteiger partial charge in [0.05, 0.1) is 21.1 Å². The molecule has 0 saturated heterocycles. The van der Waals surface area contributed by atoms with Gasteiger partial charge in [-0.25, -0.2) is 0 Å². The standard InChI is InChI=1S/C19H15BrCl2N4O2/c1-10(11-6-8-12(21)9-7-11)23-19(28)16-15(20)17(26-25-16)24-18(27)13-4-2-3-5-14(13)22/h2-10H,1H3,(H,23,28)(H2,24,25,26,27)/t10-/m1/s1. The number of aromatic nitrogens is 2. The quantitative estimate of drug-likeness (QED) is 0.466. The Balaban J connectivity index is 1.71. The largest absolute Gasteiger partial charge is 0.344 e. The summed E-state index contributed by atoms with van der Waals surface area (Å²) in [6, 6.07) is 13.6. The van der Waals surface area contributed by atoms with Gasteiger partial charge in [0.25, 0.3) is 11.8 Å². The second-order valence-electron chi connectivity index (χ2n) is 5.94. The van der Waals surface area contributed by atoms with Crippen LogP contribution in [0.25, 0.3) is 0 Å². The van der Waals surface area contributed by atoms with E-state index in [9.17, 15) is 9.59 Å². The monoisotopic (exact) mass is 480 g/mol. The average molecular weight is 482 g/mol. The number of carbonyl (C=O) groups excluding carboxylic acids is 2. The van der Waals surface area contributed by atoms with E-state index in [1.54, 1.807) is 36.4 Å². The number of carbonyl (C=O) groups is 2. The summed E-state index contributed by atoms with van der Waals surface area (Å²) < 4.78 is 0.341. The van der Waals surface area contributed by atoms with Gasteiger partial charge in [-0.3, -0.25) is 14.7 Å². The van der Waals surface area contributed by atoms with Crippen LogP contribution in [0.3, 0.4) is 0 Å². The summed E-state index contributed by atoms with van der Waals surface area (Å²) in [6.07, 6.45) is 0. The van der Waals surface area contributed by atoms with Crippen molar-refractivity contribution in [2.45, 2.75) is 13.0 Å². The van der Waals surface area contributed by atoms with Crippen molar-refractivity contribution in [2.24, 2.45) is 0 Å². The Kier molecular flexibility index (Phi) is 6.39. The van der Waals surface area contributed by atoms with Gasteiger partial charge < -0.3 is 10.6 Å². The fourth-order valence-electron chi connectivity index (χ4n) is 2.49. The highest BCUT2D eigenvalue weighted by atomic mass is 79.9. The Morgan fingerprint density at radius 2 is 1.75 bits per heavy atom. The third kappa shape index (κ3) is 4.55. The molecule has 144 valence electrons. The summed E-state index contributed by atoms with van der Waals surface area (Å²) in [7, 11) is 0. The molecule has 1 heterocycles. The van der Waals surface area contributed by atoms with Crippen LogP contribution < -0.4 is 10.6 Å². The summed E-state index contributed by atoms with van der Waals surface area (Å²) in [5, 5.41) is 13.1. The van der Waals surface area contributed by atoms with Gasteiger partial charge in [-0.1, -0.05) is 47.5 Å². The lowest BCUT2D eigenvalue weighted by atomic mass is 10.1. The molecule has 6 nitrogen and oxygen atoms in total. The van der Waals surface area contributed by atoms with Gasteiger partial charge in [-0.15, -0.1) is 0 Å². The van der Waals surface area contributed by atoms with E-state index in [-0.39, 0.29) is 23.5 Å². The zero-order valence-corrected chi connectivity index (χ0v) is 17.7. The van der Waals surface area contributed by atoms with Crippen molar-refractivity contribution in [3.8, 4) is 0 Å². The predicted octanol–water partition coefficient (Wildman–Crippen LogP) is 5.22. The van der Waals surface area contributed by atoms with E-state index in [1.807, 2.05) is 19.1 Å². The van der Waals surface area contributed by atoms with Crippen molar-refractivity contribution < 1.29 is 9.59 Å². The van der Waals surface area contributed by atoms with Gasteiger partial charge in [0.15, 0.2) is 5.82 Å². The van der Waals surface area contributed by atoms with Crippen molar-refractivity contribution in [1.82, 2.24) is 15.5 Å². The highest BCUT2D eigenvalue weighted by Gasteiger charge is 2.21. The Morgan fingerprint density at radius 1 is 1.07 bits per heavy atom. The Labute approximate surface area is 179 Å². The van der Waals surface area contributed by atoms with Crippen LogP contribution in [0.4, 0.5) is 5.82 Å². The maximum atomic E-state index is 12.6. The number of nitrogens with zero attached hydrogens (tertiary/aromatic N) is 1. The van der Waals surface area contributed by atoms with Gasteiger partial charge in [-0.2, -0.15) is 5.10 Å². The molecule has 0 radical (unpaired) electrons. The highest BCUT2D eigenvalue weighted by molar-refractivity contribution is 9.10. The van der Waals surface area contributed by atoms with Crippen LogP contribution in [-0.2, 0) is 0 Å². The zero-order chi connectivity index (χ0) is 20.3. The zero-order valence-electron chi connectivity index (χ0n) is 14.6. The number of benzene rings is 2. The van der Waals surface area contributed by atoms with Crippen LogP contribution in [0, 0.1) is 0 Å². The number of anilines is 1. The number of hydrogen-bond donors (Lipinski definition) is 3. The SMILES string of the molecule is C[C@@H](NC(=O)c1[nH]nc(NC(=O)c2ccccc2Cl)c1Br)c1ccc(Cl)cc1. The smallest absolute Gasteiger partial charge is 0.271 e. The molecule has 2 aromatic carbocycles. The van der Waals surface area contributed by atoms with Crippen LogP contribution in [0.1, 0.15) is 39.4 Å². The Bertz CT molecular complexity index is 1020. The van der Waals surface area contributed by atoms with Crippen molar-refractivity contribution in [3.05, 3.63) is 79.9 Å². The lowest BCUT2D eigenvalue weighted by Crippen LogP contribution is -2.27. The van der Waals surface area contributed by atoms with Crippen molar-refractivity contribution in [3.63, 3.8) is 0 Å². The Morgan fingerprint density at radius 3 is 2.43 bits per heavy atom. The lowest BCUT2D eigenvalue weighted by Gasteiger charge is -2.14. The number of nitrogens with one attached hydrogen (secondary N) is 3. The molecule has 1 aromatic heterocycles. The molecular formula is C19H15BrCl2N4O2. The van der Waals surface area contributed by atoms with Gasteiger partial charge in [0.2, 0.25) is 0 Å². The number of halogens is 3. The molecule has 3 aromatic rings. The minimum atomic E-state index is -0.431. The van der Waals surface area contributed by atoms with E-state index in [0.29, 0.717) is 20.1 Å². The number of hydrogen-bond acceptors (Lipinski definition) is 3. The van der Waals surface area contributed by atoms with E-state index in [0.717, 1.165) is 5.56 Å². The molecule has 0 spiro atoms. The normalized spacial score (nSPS) is 11.7. The number of aromatic amines is 1. The van der Waals surface area contributed by atoms with E-state index < -0.39 is 5.91 Å². The molecule has 0 saturated carbocycles. The molecule has 0 aliphatic rings. The van der Waals surface area contributed by atoms with Gasteiger partial charge in [0, 0.05) is 5.02 Å². The van der Waals surface area contributed by atoms with Crippen LogP contribution in [0.2, 0.25) is 10.0 Å². The maximum Gasteiger partial charge on any atom is 0.271 e. The first-order valence-electron chi connectivity index (χ1n) is 8.23. The molecule has 9 heteroatoms. The third-order valence-corrected chi connectivity index (χ3v) is 5.36. The molecular weight excluding hydrogens is 467 g/mol. The average Bonchev–Trinajstić information content (AvgIpc) is 3.03. The van der Waals surface area contributed by atoms with Crippen LogP contribution in [0.5, 0.6) is 0 Å². The molecule has 3 rings (SSSR count). The third-order valence-electron chi connectivity index (χ3n) is 4.00. The van der Waals surface area contributed by atoms with Gasteiger partial charge >= 0.3 is 0 Å². The number of rotatable bonds is 5. The maximum absolute atomic E-state index is 12.6. The Hall–Kier alpha value is -2.35. The summed E-state index contributed by atoms with van der Waals surface area (Å²) >= 11 is 15.2. The van der Waals surface area contributed by atoms with E-state index >= 15 is 0 Å². The van der Waals surface area contributed by atoms with Crippen molar-refractivity contribution in [2.75, 3.05) is 5.32 Å². The second-order valence-corrected chi connectivity index (χ2v) is 7.58. The highest BCUT2D eigenvalue weighted by Crippen LogP contribution is 2.26. The minimum Gasteiger partial charge on any atom is -0.344 e. The predicted molar refractivity (Wildman–Crippen MR) is 113 cm³/mol. The molecule has 1 atom stereocenters. The van der Waals surface area contributed by atoms with E-state index in [4.69, 9.17) is 23.2 Å². The van der Waals surface area contributed by atoms with Crippen LogP contribution in [0.15, 0.2) is 53.0 Å². The fourth-order valence-corrected chi connectivity index (χ4v) is 3.29. The summed E-state index contributed by atoms with van der Waals surface area (Å²) in [5.74, 6) is -0.617. The van der Waals surface area contributed by atoms with E-state index in [1.165, 1.54) is 0 Å². The van der Waals surface area contributed by atoms with Gasteiger partial charge in [0.1, 0.15) is 5.69 Å². The molecule has 2 amide bonds. The van der Waals surface area contributed by atoms with Crippen molar-refractivity contribution in [1.29, 1.82) is 0 Å². The first-order valence-corrected chi connectivity index (χ1v) is 9.77. The summed E-state index contributed by atoms with van der Waals surface area (Å²) in [5.41, 5.74) is 1.40.